The summed E-state index contributed by atoms with van der Waals surface area (Å²) in [5.74, 6) is 0. The zero-order chi connectivity index (χ0) is 42.7. The van der Waals surface area contributed by atoms with Crippen LogP contribution in [0.15, 0.2) is 164 Å². The van der Waals surface area contributed by atoms with E-state index in [9.17, 15) is 23.7 Å². The van der Waals surface area contributed by atoms with E-state index in [2.05, 4.69) is 34.0 Å². The van der Waals surface area contributed by atoms with Gasteiger partial charge in [0.1, 0.15) is 11.6 Å². The highest BCUT2D eigenvalue weighted by atomic mass is 19.4. The summed E-state index contributed by atoms with van der Waals surface area (Å²) < 4.78 is 47.3. The molecule has 0 bridgehead atoms. The minimum Gasteiger partial charge on any atom is -0.308 e. The highest BCUT2D eigenvalue weighted by Crippen LogP contribution is 2.43. The van der Waals surface area contributed by atoms with Gasteiger partial charge in [0.05, 0.1) is 58.2 Å². The number of halogens is 3. The van der Waals surface area contributed by atoms with Crippen molar-refractivity contribution >= 4 is 55.0 Å². The number of hydrogen-bond donors (Lipinski definition) is 0. The zero-order valence-electron chi connectivity index (χ0n) is 32.4. The van der Waals surface area contributed by atoms with Crippen LogP contribution in [0.4, 0.5) is 24.5 Å². The van der Waals surface area contributed by atoms with Crippen LogP contribution in [0.5, 0.6) is 0 Å². The molecule has 0 atom stereocenters. The number of fused-ring (bicyclic) bond motifs is 6. The van der Waals surface area contributed by atoms with Gasteiger partial charge in [-0.25, -0.2) is 9.69 Å². The molecule has 6 nitrogen and oxygen atoms in total. The van der Waals surface area contributed by atoms with E-state index in [1.54, 1.807) is 24.3 Å². The maximum Gasteiger partial charge on any atom is 0.415 e. The standard InChI is InChI=1S/C53H27F3N6/c1-59-40-12-8-11-34(23-40)36-18-20-50-45(26-36)43-14-4-6-16-48(43)62(50)52-28-38(37-22-39(53(54,55)56)29-41(24-37)60-2)27-51(46(52)31-58)61-47-15-5-3-13-42(47)44-25-35(17-19-49(44)61)33-10-7-9-32(21-33)30-57/h3-29H. The molecular weight excluding hydrogens is 778 g/mol. The smallest absolute Gasteiger partial charge is 0.308 e. The molecule has 62 heavy (non-hydrogen) atoms. The number of aromatic nitrogens is 2. The molecule has 0 aliphatic carbocycles. The molecule has 2 aromatic heterocycles. The molecule has 0 spiro atoms. The summed E-state index contributed by atoms with van der Waals surface area (Å²) in [6.07, 6.45) is -4.72. The Bertz CT molecular complexity index is 3500. The summed E-state index contributed by atoms with van der Waals surface area (Å²) in [6.45, 7) is 15.3. The van der Waals surface area contributed by atoms with Gasteiger partial charge in [-0.05, 0) is 118 Å². The predicted octanol–water partition coefficient (Wildman–Crippen LogP) is 14.7. The van der Waals surface area contributed by atoms with Gasteiger partial charge in [0.15, 0.2) is 11.4 Å². The van der Waals surface area contributed by atoms with Crippen LogP contribution in [0.3, 0.4) is 0 Å². The third kappa shape index (κ3) is 6.09. The summed E-state index contributed by atoms with van der Waals surface area (Å²) in [6, 6.07) is 53.8. The number of hydrogen-bond acceptors (Lipinski definition) is 2. The third-order valence-corrected chi connectivity index (χ3v) is 11.4. The predicted molar refractivity (Wildman–Crippen MR) is 238 cm³/mol. The molecular formula is C53H27F3N6. The van der Waals surface area contributed by atoms with Gasteiger partial charge < -0.3 is 9.13 Å². The molecule has 2 heterocycles. The molecule has 0 fully saturated rings. The second-order valence-corrected chi connectivity index (χ2v) is 14.9. The largest absolute Gasteiger partial charge is 0.415 e. The van der Waals surface area contributed by atoms with Gasteiger partial charge in [-0.15, -0.1) is 0 Å². The second-order valence-electron chi connectivity index (χ2n) is 14.9. The SMILES string of the molecule is [C-]#[N+]c1cccc(-c2ccc3c(c2)c2ccccc2n3-c2cc(-c3cc([N+]#[C-])cc(C(F)(F)F)c3)cc(-n3c4ccccc4c4cc(-c5cccc(C#N)c5)ccc43)c2C#N)c1. The summed E-state index contributed by atoms with van der Waals surface area (Å²) in [5.41, 5.74) is 8.16. The summed E-state index contributed by atoms with van der Waals surface area (Å²) in [5, 5.41) is 24.5. The topological polar surface area (TPSA) is 66.2 Å². The van der Waals surface area contributed by atoms with Crippen LogP contribution in [-0.2, 0) is 6.18 Å². The van der Waals surface area contributed by atoms with E-state index in [0.29, 0.717) is 28.2 Å². The molecule has 0 unspecified atom stereocenters. The third-order valence-electron chi connectivity index (χ3n) is 11.4. The van der Waals surface area contributed by atoms with Crippen molar-refractivity contribution in [2.45, 2.75) is 6.18 Å². The first-order valence-electron chi connectivity index (χ1n) is 19.4. The lowest BCUT2D eigenvalue weighted by molar-refractivity contribution is -0.137. The number of nitrogens with zero attached hydrogens (tertiary/aromatic N) is 6. The molecule has 290 valence electrons. The molecule has 10 rings (SSSR count). The maximum atomic E-state index is 14.4. The first kappa shape index (κ1) is 37.4. The Labute approximate surface area is 353 Å². The van der Waals surface area contributed by atoms with Crippen molar-refractivity contribution in [3.05, 3.63) is 203 Å². The molecule has 9 heteroatoms. The van der Waals surface area contributed by atoms with Crippen molar-refractivity contribution in [2.75, 3.05) is 0 Å². The van der Waals surface area contributed by atoms with Gasteiger partial charge in [-0.3, -0.25) is 0 Å². The molecule has 0 N–H and O–H groups in total. The number of nitriles is 2. The Balaban J connectivity index is 1.31. The van der Waals surface area contributed by atoms with Crippen LogP contribution in [0.1, 0.15) is 16.7 Å². The van der Waals surface area contributed by atoms with Gasteiger partial charge in [0.2, 0.25) is 0 Å². The van der Waals surface area contributed by atoms with Crippen molar-refractivity contribution in [3.63, 3.8) is 0 Å². The Morgan fingerprint density at radius 2 is 0.935 bits per heavy atom. The molecule has 0 aliphatic rings. The Morgan fingerprint density at radius 3 is 1.48 bits per heavy atom. The van der Waals surface area contributed by atoms with E-state index >= 15 is 0 Å². The van der Waals surface area contributed by atoms with E-state index in [0.717, 1.165) is 78.0 Å². The fraction of sp³-hybridized carbons (Fsp3) is 0.0189. The van der Waals surface area contributed by atoms with E-state index < -0.39 is 11.7 Å². The van der Waals surface area contributed by atoms with Crippen LogP contribution in [0.2, 0.25) is 0 Å². The average molecular weight is 805 g/mol. The number of rotatable bonds is 5. The van der Waals surface area contributed by atoms with E-state index in [-0.39, 0.29) is 16.8 Å². The van der Waals surface area contributed by atoms with Gasteiger partial charge in [0, 0.05) is 27.1 Å². The Hall–Kier alpha value is -8.89. The molecule has 0 radical (unpaired) electrons. The number of alkyl halides is 3. The van der Waals surface area contributed by atoms with Crippen molar-refractivity contribution in [2.24, 2.45) is 0 Å². The lowest BCUT2D eigenvalue weighted by atomic mass is 9.97. The maximum absolute atomic E-state index is 14.4. The molecule has 0 saturated carbocycles. The van der Waals surface area contributed by atoms with E-state index in [4.69, 9.17) is 13.1 Å². The lowest BCUT2D eigenvalue weighted by Crippen LogP contribution is -2.06. The van der Waals surface area contributed by atoms with Crippen LogP contribution < -0.4 is 0 Å². The zero-order valence-corrected chi connectivity index (χ0v) is 32.4. The van der Waals surface area contributed by atoms with Crippen molar-refractivity contribution < 1.29 is 13.2 Å². The summed E-state index contributed by atoms with van der Waals surface area (Å²) >= 11 is 0. The quantitative estimate of drug-likeness (QED) is 0.163. The number of para-hydroxylation sites is 2. The fourth-order valence-corrected chi connectivity index (χ4v) is 8.60. The lowest BCUT2D eigenvalue weighted by Gasteiger charge is -2.19. The number of benzene rings is 8. The van der Waals surface area contributed by atoms with E-state index in [1.807, 2.05) is 118 Å². The molecule has 0 amide bonds. The van der Waals surface area contributed by atoms with Crippen LogP contribution >= 0.6 is 0 Å². The second kappa shape index (κ2) is 14.4. The van der Waals surface area contributed by atoms with Gasteiger partial charge in [-0.1, -0.05) is 78.9 Å². The summed E-state index contributed by atoms with van der Waals surface area (Å²) in [4.78, 5) is 7.02. The minimum absolute atomic E-state index is 0.168. The molecule has 0 aliphatic heterocycles. The van der Waals surface area contributed by atoms with Gasteiger partial charge in [0.25, 0.3) is 0 Å². The summed E-state index contributed by atoms with van der Waals surface area (Å²) in [7, 11) is 0. The highest BCUT2D eigenvalue weighted by molar-refractivity contribution is 6.12. The molecule has 8 aromatic carbocycles. The van der Waals surface area contributed by atoms with E-state index in [1.165, 1.54) is 6.07 Å². The van der Waals surface area contributed by atoms with Crippen LogP contribution in [0.25, 0.3) is 98.1 Å². The van der Waals surface area contributed by atoms with Gasteiger partial charge >= 0.3 is 6.18 Å². The minimum atomic E-state index is -4.72. The molecule has 10 aromatic rings. The monoisotopic (exact) mass is 804 g/mol. The molecule has 0 saturated heterocycles. The first-order valence-corrected chi connectivity index (χ1v) is 19.4. The van der Waals surface area contributed by atoms with Crippen molar-refractivity contribution in [1.29, 1.82) is 10.5 Å². The average Bonchev–Trinajstić information content (AvgIpc) is 3.82. The van der Waals surface area contributed by atoms with Crippen molar-refractivity contribution in [1.82, 2.24) is 9.13 Å². The Kier molecular flexibility index (Phi) is 8.70. The first-order chi connectivity index (χ1) is 30.2. The highest BCUT2D eigenvalue weighted by Gasteiger charge is 2.32. The fourth-order valence-electron chi connectivity index (χ4n) is 8.60. The normalized spacial score (nSPS) is 11.4. The van der Waals surface area contributed by atoms with Crippen LogP contribution in [-0.4, -0.2) is 9.13 Å². The van der Waals surface area contributed by atoms with Gasteiger partial charge in [-0.2, -0.15) is 23.7 Å². The van der Waals surface area contributed by atoms with Crippen LogP contribution in [0, 0.1) is 35.8 Å². The van der Waals surface area contributed by atoms with Crippen molar-refractivity contribution in [3.8, 4) is 56.9 Å². The Morgan fingerprint density at radius 1 is 0.435 bits per heavy atom.